The van der Waals surface area contributed by atoms with Crippen LogP contribution in [0.15, 0.2) is 116 Å². The van der Waals surface area contributed by atoms with Gasteiger partial charge in [0.25, 0.3) is 0 Å². The van der Waals surface area contributed by atoms with Gasteiger partial charge in [-0.05, 0) is 58.9 Å². The van der Waals surface area contributed by atoms with Crippen molar-refractivity contribution >= 4 is 38.5 Å². The first kappa shape index (κ1) is 28.0. The second-order valence-corrected chi connectivity index (χ2v) is 14.5. The number of imidazole rings is 1. The average molecular weight is 614 g/mol. The molecule has 0 amide bonds. The van der Waals surface area contributed by atoms with Crippen molar-refractivity contribution in [3.05, 3.63) is 144 Å². The van der Waals surface area contributed by atoms with Crippen LogP contribution in [0.25, 0.3) is 44.2 Å². The minimum atomic E-state index is -0.439. The first-order valence-electron chi connectivity index (χ1n) is 16.5. The van der Waals surface area contributed by atoms with Gasteiger partial charge < -0.3 is 23.5 Å². The van der Waals surface area contributed by atoms with Gasteiger partial charge in [-0.15, -0.1) is 0 Å². The first-order chi connectivity index (χ1) is 22.6. The second kappa shape index (κ2) is 9.62. The lowest BCUT2D eigenvalue weighted by Gasteiger charge is -2.40. The van der Waals surface area contributed by atoms with E-state index in [1.165, 1.54) is 55.4 Å². The number of aromatic nitrogens is 3. The van der Waals surface area contributed by atoms with Gasteiger partial charge in [0.1, 0.15) is 0 Å². The predicted molar refractivity (Wildman–Crippen MR) is 193 cm³/mol. The van der Waals surface area contributed by atoms with Crippen LogP contribution in [0.5, 0.6) is 0 Å². The Hall–Kier alpha value is -5.29. The molecule has 0 aliphatic carbocycles. The first-order valence-corrected chi connectivity index (χ1v) is 16.5. The van der Waals surface area contributed by atoms with Crippen molar-refractivity contribution in [1.82, 2.24) is 14.0 Å². The monoisotopic (exact) mass is 613 g/mol. The molecule has 0 fully saturated rings. The van der Waals surface area contributed by atoms with Gasteiger partial charge in [0.05, 0.1) is 47.2 Å². The van der Waals surface area contributed by atoms with Crippen molar-refractivity contribution in [2.24, 2.45) is 7.05 Å². The third-order valence-electron chi connectivity index (χ3n) is 10.6. The highest BCUT2D eigenvalue weighted by Crippen LogP contribution is 2.52. The predicted octanol–water partition coefficient (Wildman–Crippen LogP) is 8.50. The van der Waals surface area contributed by atoms with Crippen molar-refractivity contribution in [1.29, 1.82) is 0 Å². The Morgan fingerprint density at radius 1 is 0.745 bits per heavy atom. The van der Waals surface area contributed by atoms with E-state index in [1.807, 2.05) is 0 Å². The Labute approximate surface area is 276 Å². The maximum absolute atomic E-state index is 3.62. The molecule has 2 aliphatic heterocycles. The summed E-state index contributed by atoms with van der Waals surface area (Å²) in [6, 6.07) is 38.6. The number of fused-ring (bicyclic) bond motifs is 6. The molecule has 0 bridgehead atoms. The number of aryl methyl sites for hydroxylation is 1. The van der Waals surface area contributed by atoms with E-state index in [0.29, 0.717) is 0 Å². The highest BCUT2D eigenvalue weighted by Gasteiger charge is 2.41. The molecule has 5 nitrogen and oxygen atoms in total. The summed E-state index contributed by atoms with van der Waals surface area (Å²) < 4.78 is 6.84. The zero-order valence-corrected chi connectivity index (χ0v) is 27.9. The van der Waals surface area contributed by atoms with E-state index in [4.69, 9.17) is 0 Å². The van der Waals surface area contributed by atoms with Gasteiger partial charge in [-0.2, -0.15) is 0 Å². The summed E-state index contributed by atoms with van der Waals surface area (Å²) in [5, 5.41) is 2.59. The van der Waals surface area contributed by atoms with Crippen molar-refractivity contribution in [2.45, 2.75) is 38.5 Å². The molecule has 7 aromatic rings. The molecule has 0 N–H and O–H groups in total. The Kier molecular flexibility index (Phi) is 5.72. The van der Waals surface area contributed by atoms with Crippen LogP contribution in [0.2, 0.25) is 0 Å². The highest BCUT2D eigenvalue weighted by atomic mass is 15.3. The number of hydrogen-bond donors (Lipinski definition) is 0. The number of hydrogen-bond acceptors (Lipinski definition) is 2. The van der Waals surface area contributed by atoms with E-state index in [9.17, 15) is 0 Å². The van der Waals surface area contributed by atoms with Crippen molar-refractivity contribution < 1.29 is 4.57 Å². The van der Waals surface area contributed by atoms with E-state index in [2.05, 4.69) is 187 Å². The van der Waals surface area contributed by atoms with Crippen LogP contribution in [0.4, 0.5) is 5.69 Å². The lowest BCUT2D eigenvalue weighted by atomic mass is 9.67. The van der Waals surface area contributed by atoms with Crippen LogP contribution in [0.1, 0.15) is 49.9 Å². The zero-order chi connectivity index (χ0) is 32.2. The summed E-state index contributed by atoms with van der Waals surface area (Å²) in [6.07, 6.45) is 7.95. The fourth-order valence-electron chi connectivity index (χ4n) is 7.98. The van der Waals surface area contributed by atoms with Crippen LogP contribution in [0.3, 0.4) is 0 Å². The van der Waals surface area contributed by atoms with Crippen molar-refractivity contribution in [3.8, 4) is 11.4 Å². The Morgan fingerprint density at radius 3 is 2.30 bits per heavy atom. The third kappa shape index (κ3) is 3.92. The lowest BCUT2D eigenvalue weighted by Crippen LogP contribution is -2.32. The summed E-state index contributed by atoms with van der Waals surface area (Å²) in [5.74, 6) is 0. The van der Waals surface area contributed by atoms with E-state index in [1.54, 1.807) is 0 Å². The number of para-hydroxylation sites is 4. The van der Waals surface area contributed by atoms with Gasteiger partial charge in [-0.1, -0.05) is 99.6 Å². The number of anilines is 1. The van der Waals surface area contributed by atoms with Gasteiger partial charge in [0, 0.05) is 41.3 Å². The SMILES string of the molecule is CN1C=CN(c2ccc3c(c2)C(C)(c2cc(-n4[c-][n+](C)c5ccccc54)cc(C(C)(C)C)c2)c2cccc4c5ccccc5n-3c24)C1. The van der Waals surface area contributed by atoms with E-state index >= 15 is 0 Å². The molecule has 0 spiro atoms. The Bertz CT molecular complexity index is 2430. The maximum Gasteiger partial charge on any atom is 0.244 e. The molecule has 5 heteroatoms. The molecule has 1 unspecified atom stereocenters. The molecule has 47 heavy (non-hydrogen) atoms. The van der Waals surface area contributed by atoms with E-state index in [0.717, 1.165) is 23.4 Å². The van der Waals surface area contributed by atoms with Crippen LogP contribution < -0.4 is 9.47 Å². The van der Waals surface area contributed by atoms with Crippen LogP contribution in [-0.2, 0) is 17.9 Å². The molecule has 5 aromatic carbocycles. The van der Waals surface area contributed by atoms with Crippen molar-refractivity contribution in [2.75, 3.05) is 18.6 Å². The molecular weight excluding hydrogens is 574 g/mol. The second-order valence-electron chi connectivity index (χ2n) is 14.5. The lowest BCUT2D eigenvalue weighted by molar-refractivity contribution is -0.649. The number of nitrogens with zero attached hydrogens (tertiary/aromatic N) is 5. The standard InChI is InChI=1S/C42H39N5/c1-41(2,3)28-22-29(24-31(23-28)46-27-44(6)38-16-9-10-17-39(38)46)42(4)34-14-11-13-33-32-12-7-8-15-36(32)47(40(33)34)37-19-18-30(25-35(37)42)45-21-20-43(5)26-45/h7-25H,26H2,1-6H3. The fourth-order valence-corrected chi connectivity index (χ4v) is 7.98. The summed E-state index contributed by atoms with van der Waals surface area (Å²) >= 11 is 0. The van der Waals surface area contributed by atoms with Crippen molar-refractivity contribution in [3.63, 3.8) is 0 Å². The minimum absolute atomic E-state index is 0.0581. The molecule has 9 rings (SSSR count). The molecule has 4 heterocycles. The topological polar surface area (TPSA) is 20.2 Å². The third-order valence-corrected chi connectivity index (χ3v) is 10.6. The summed E-state index contributed by atoms with van der Waals surface area (Å²) in [6.45, 7) is 10.2. The van der Waals surface area contributed by atoms with Crippen LogP contribution in [0, 0.1) is 6.33 Å². The fraction of sp³-hybridized carbons (Fsp3) is 0.214. The van der Waals surface area contributed by atoms with Gasteiger partial charge in [0.15, 0.2) is 0 Å². The molecule has 0 radical (unpaired) electrons. The molecule has 232 valence electrons. The average Bonchev–Trinajstić information content (AvgIpc) is 3.77. The van der Waals surface area contributed by atoms with Crippen LogP contribution >= 0.6 is 0 Å². The Morgan fingerprint density at radius 2 is 1.51 bits per heavy atom. The van der Waals surface area contributed by atoms with Gasteiger partial charge in [-0.3, -0.25) is 0 Å². The largest absolute Gasteiger partial charge is 0.361 e. The zero-order valence-electron chi connectivity index (χ0n) is 27.9. The minimum Gasteiger partial charge on any atom is -0.361 e. The van der Waals surface area contributed by atoms with E-state index in [-0.39, 0.29) is 5.41 Å². The molecule has 1 atom stereocenters. The summed E-state index contributed by atoms with van der Waals surface area (Å²) in [5.41, 5.74) is 13.1. The number of benzene rings is 5. The Balaban J connectivity index is 1.39. The maximum atomic E-state index is 3.62. The van der Waals surface area contributed by atoms with Crippen LogP contribution in [-0.4, -0.2) is 27.8 Å². The highest BCUT2D eigenvalue weighted by molar-refractivity contribution is 6.11. The molecule has 2 aromatic heterocycles. The quantitative estimate of drug-likeness (QED) is 0.147. The number of rotatable bonds is 3. The van der Waals surface area contributed by atoms with Gasteiger partial charge in [0.2, 0.25) is 6.33 Å². The summed E-state index contributed by atoms with van der Waals surface area (Å²) in [4.78, 5) is 4.55. The van der Waals surface area contributed by atoms with E-state index < -0.39 is 5.41 Å². The molecule has 0 saturated heterocycles. The summed E-state index contributed by atoms with van der Waals surface area (Å²) in [7, 11) is 4.21. The smallest absolute Gasteiger partial charge is 0.244 e. The molecule has 0 saturated carbocycles. The molecule has 2 aliphatic rings. The van der Waals surface area contributed by atoms with Gasteiger partial charge in [-0.25, -0.2) is 0 Å². The molecular formula is C42H39N5. The normalized spacial score (nSPS) is 17.4. The van der Waals surface area contributed by atoms with Gasteiger partial charge >= 0.3 is 0 Å².